The standard InChI is InChI=1S/C27H28N4O2S/c1-19-15-25(32)26(27(33)30(3)16-23-18-34-20(2)29-23)24(13-12-21-9-5-4-6-10-21)31(19)17-22-11-7-8-14-28-22/h4-11,14-15,18H,12-13,16-17H2,1-3H3. The van der Waals surface area contributed by atoms with E-state index < -0.39 is 0 Å². The number of aromatic nitrogens is 3. The maximum atomic E-state index is 13.6. The van der Waals surface area contributed by atoms with Crippen molar-refractivity contribution in [2.24, 2.45) is 0 Å². The van der Waals surface area contributed by atoms with E-state index in [1.807, 2.05) is 55.6 Å². The number of carbonyl (C=O) groups is 1. The molecule has 1 amide bonds. The first kappa shape index (κ1) is 23.6. The predicted octanol–water partition coefficient (Wildman–Crippen LogP) is 4.42. The van der Waals surface area contributed by atoms with E-state index in [9.17, 15) is 9.59 Å². The molecule has 0 aliphatic carbocycles. The summed E-state index contributed by atoms with van der Waals surface area (Å²) < 4.78 is 2.06. The van der Waals surface area contributed by atoms with Gasteiger partial charge in [-0.05, 0) is 44.4 Å². The molecule has 0 fully saturated rings. The highest BCUT2D eigenvalue weighted by Gasteiger charge is 2.24. The van der Waals surface area contributed by atoms with Crippen LogP contribution in [0.15, 0.2) is 71.0 Å². The van der Waals surface area contributed by atoms with E-state index in [2.05, 4.69) is 26.7 Å². The smallest absolute Gasteiger partial charge is 0.259 e. The summed E-state index contributed by atoms with van der Waals surface area (Å²) in [5.41, 5.74) is 4.39. The SMILES string of the molecule is Cc1nc(CN(C)C(=O)c2c(CCc3ccccc3)n(Cc3ccccn3)c(C)cc2=O)cs1. The third-order valence-corrected chi connectivity index (χ3v) is 6.61. The van der Waals surface area contributed by atoms with Crippen molar-refractivity contribution >= 4 is 17.2 Å². The Labute approximate surface area is 203 Å². The van der Waals surface area contributed by atoms with Crippen LogP contribution in [-0.2, 0) is 25.9 Å². The largest absolute Gasteiger partial charge is 0.342 e. The highest BCUT2D eigenvalue weighted by Crippen LogP contribution is 2.18. The minimum Gasteiger partial charge on any atom is -0.342 e. The van der Waals surface area contributed by atoms with E-state index in [0.717, 1.165) is 39.8 Å². The number of pyridine rings is 2. The molecular weight excluding hydrogens is 444 g/mol. The molecular formula is C27H28N4O2S. The molecule has 174 valence electrons. The lowest BCUT2D eigenvalue weighted by Gasteiger charge is -2.23. The van der Waals surface area contributed by atoms with Gasteiger partial charge in [-0.2, -0.15) is 0 Å². The molecule has 0 saturated heterocycles. The Kier molecular flexibility index (Phi) is 7.33. The molecule has 0 aliphatic heterocycles. The lowest BCUT2D eigenvalue weighted by Crippen LogP contribution is -2.34. The molecule has 0 radical (unpaired) electrons. The summed E-state index contributed by atoms with van der Waals surface area (Å²) in [6.07, 6.45) is 3.05. The van der Waals surface area contributed by atoms with Crippen molar-refractivity contribution in [2.75, 3.05) is 7.05 Å². The summed E-state index contributed by atoms with van der Waals surface area (Å²) in [5, 5.41) is 2.90. The van der Waals surface area contributed by atoms with Gasteiger partial charge in [0, 0.05) is 36.1 Å². The summed E-state index contributed by atoms with van der Waals surface area (Å²) >= 11 is 1.55. The predicted molar refractivity (Wildman–Crippen MR) is 135 cm³/mol. The van der Waals surface area contributed by atoms with E-state index in [0.29, 0.717) is 19.5 Å². The lowest BCUT2D eigenvalue weighted by atomic mass is 10.0. The van der Waals surface area contributed by atoms with Crippen molar-refractivity contribution in [3.63, 3.8) is 0 Å². The Morgan fingerprint density at radius 3 is 2.47 bits per heavy atom. The van der Waals surface area contributed by atoms with Gasteiger partial charge in [-0.1, -0.05) is 36.4 Å². The molecule has 0 saturated carbocycles. The number of hydrogen-bond acceptors (Lipinski definition) is 5. The number of carbonyl (C=O) groups excluding carboxylic acids is 1. The Morgan fingerprint density at radius 1 is 1.03 bits per heavy atom. The average molecular weight is 473 g/mol. The first-order valence-corrected chi connectivity index (χ1v) is 12.1. The second-order valence-electron chi connectivity index (χ2n) is 8.38. The van der Waals surface area contributed by atoms with Gasteiger partial charge in [-0.25, -0.2) is 4.98 Å². The normalized spacial score (nSPS) is 10.9. The quantitative estimate of drug-likeness (QED) is 0.381. The van der Waals surface area contributed by atoms with Crippen molar-refractivity contribution < 1.29 is 4.79 Å². The van der Waals surface area contributed by atoms with Crippen LogP contribution in [0.5, 0.6) is 0 Å². The van der Waals surface area contributed by atoms with Crippen LogP contribution in [0.1, 0.15) is 43.7 Å². The lowest BCUT2D eigenvalue weighted by molar-refractivity contribution is 0.0780. The highest BCUT2D eigenvalue weighted by atomic mass is 32.1. The third kappa shape index (κ3) is 5.48. The van der Waals surface area contributed by atoms with Gasteiger partial charge in [0.05, 0.1) is 29.5 Å². The molecule has 0 unspecified atom stereocenters. The molecule has 3 heterocycles. The molecule has 4 aromatic rings. The molecule has 0 N–H and O–H groups in total. The fourth-order valence-electron chi connectivity index (χ4n) is 4.09. The maximum absolute atomic E-state index is 13.6. The molecule has 0 spiro atoms. The number of hydrogen-bond donors (Lipinski definition) is 0. The Balaban J connectivity index is 1.74. The maximum Gasteiger partial charge on any atom is 0.259 e. The molecule has 3 aromatic heterocycles. The van der Waals surface area contributed by atoms with Crippen LogP contribution < -0.4 is 5.43 Å². The summed E-state index contributed by atoms with van der Waals surface area (Å²) in [7, 11) is 1.72. The van der Waals surface area contributed by atoms with E-state index in [-0.39, 0.29) is 16.9 Å². The number of aryl methyl sites for hydroxylation is 3. The number of nitrogens with zero attached hydrogens (tertiary/aromatic N) is 4. The number of thiazole rings is 1. The van der Waals surface area contributed by atoms with Gasteiger partial charge in [-0.15, -0.1) is 11.3 Å². The summed E-state index contributed by atoms with van der Waals surface area (Å²) in [6.45, 7) is 4.70. The number of amides is 1. The molecule has 7 heteroatoms. The molecule has 0 aliphatic rings. The van der Waals surface area contributed by atoms with E-state index >= 15 is 0 Å². The summed E-state index contributed by atoms with van der Waals surface area (Å²) in [4.78, 5) is 37.3. The fourth-order valence-corrected chi connectivity index (χ4v) is 4.69. The first-order chi connectivity index (χ1) is 16.4. The molecule has 0 bridgehead atoms. The van der Waals surface area contributed by atoms with Crippen molar-refractivity contribution in [3.8, 4) is 0 Å². The van der Waals surface area contributed by atoms with Crippen LogP contribution in [0, 0.1) is 13.8 Å². The van der Waals surface area contributed by atoms with Crippen molar-refractivity contribution in [2.45, 2.75) is 39.8 Å². The van der Waals surface area contributed by atoms with Crippen LogP contribution >= 0.6 is 11.3 Å². The molecule has 4 rings (SSSR count). The van der Waals surface area contributed by atoms with Crippen LogP contribution in [0.3, 0.4) is 0 Å². The van der Waals surface area contributed by atoms with Crippen LogP contribution in [0.2, 0.25) is 0 Å². The Morgan fingerprint density at radius 2 is 1.79 bits per heavy atom. The second kappa shape index (κ2) is 10.6. The highest BCUT2D eigenvalue weighted by molar-refractivity contribution is 7.09. The van der Waals surface area contributed by atoms with Crippen molar-refractivity contribution in [3.05, 3.63) is 115 Å². The minimum absolute atomic E-state index is 0.229. The molecule has 6 nitrogen and oxygen atoms in total. The number of rotatable bonds is 8. The van der Waals surface area contributed by atoms with Gasteiger partial charge in [0.25, 0.3) is 5.91 Å². The van der Waals surface area contributed by atoms with Gasteiger partial charge in [0.2, 0.25) is 0 Å². The van der Waals surface area contributed by atoms with Gasteiger partial charge in [0.15, 0.2) is 5.43 Å². The molecule has 1 aromatic carbocycles. The topological polar surface area (TPSA) is 68.1 Å². The van der Waals surface area contributed by atoms with Gasteiger partial charge in [-0.3, -0.25) is 14.6 Å². The van der Waals surface area contributed by atoms with Crippen LogP contribution in [0.25, 0.3) is 0 Å². The monoisotopic (exact) mass is 472 g/mol. The Bertz CT molecular complexity index is 1330. The number of benzene rings is 1. The van der Waals surface area contributed by atoms with E-state index in [1.165, 1.54) is 0 Å². The van der Waals surface area contributed by atoms with Crippen LogP contribution in [-0.4, -0.2) is 32.4 Å². The zero-order valence-corrected chi connectivity index (χ0v) is 20.5. The molecule has 34 heavy (non-hydrogen) atoms. The van der Waals surface area contributed by atoms with Gasteiger partial charge >= 0.3 is 0 Å². The van der Waals surface area contributed by atoms with Crippen molar-refractivity contribution in [1.82, 2.24) is 19.4 Å². The average Bonchev–Trinajstić information content (AvgIpc) is 3.25. The summed E-state index contributed by atoms with van der Waals surface area (Å²) in [6, 6.07) is 17.5. The van der Waals surface area contributed by atoms with Crippen molar-refractivity contribution in [1.29, 1.82) is 0 Å². The van der Waals surface area contributed by atoms with E-state index in [4.69, 9.17) is 0 Å². The van der Waals surface area contributed by atoms with Gasteiger partial charge in [0.1, 0.15) is 5.56 Å². The third-order valence-electron chi connectivity index (χ3n) is 5.79. The van der Waals surface area contributed by atoms with Crippen LogP contribution in [0.4, 0.5) is 0 Å². The first-order valence-electron chi connectivity index (χ1n) is 11.3. The summed E-state index contributed by atoms with van der Waals surface area (Å²) in [5.74, 6) is -0.284. The van der Waals surface area contributed by atoms with E-state index in [1.54, 1.807) is 35.5 Å². The Hall–Kier alpha value is -3.58. The zero-order valence-electron chi connectivity index (χ0n) is 19.7. The zero-order chi connectivity index (χ0) is 24.1. The van der Waals surface area contributed by atoms with Gasteiger partial charge < -0.3 is 9.47 Å². The fraction of sp³-hybridized carbons (Fsp3) is 0.259. The molecule has 0 atom stereocenters. The minimum atomic E-state index is -0.284. The second-order valence-corrected chi connectivity index (χ2v) is 9.45.